The van der Waals surface area contributed by atoms with Gasteiger partial charge in [-0.05, 0) is 26.2 Å². The first-order valence-corrected chi connectivity index (χ1v) is 8.27. The summed E-state index contributed by atoms with van der Waals surface area (Å²) >= 11 is 6.01. The van der Waals surface area contributed by atoms with Crippen LogP contribution in [0.3, 0.4) is 0 Å². The highest BCUT2D eigenvalue weighted by molar-refractivity contribution is 6.30. The quantitative estimate of drug-likeness (QED) is 0.555. The first-order chi connectivity index (χ1) is 10.5. The summed E-state index contributed by atoms with van der Waals surface area (Å²) in [6.07, 6.45) is 4.74. The minimum atomic E-state index is -0.802. The van der Waals surface area contributed by atoms with Gasteiger partial charge in [0.15, 0.2) is 0 Å². The molecule has 0 bridgehead atoms. The maximum atomic E-state index is 12.6. The molecule has 2 amide bonds. The molecule has 0 N–H and O–H groups in total. The average Bonchev–Trinajstić information content (AvgIpc) is 2.72. The fourth-order valence-electron chi connectivity index (χ4n) is 3.15. The van der Waals surface area contributed by atoms with Gasteiger partial charge in [0, 0.05) is 5.03 Å². The molecule has 1 aliphatic carbocycles. The van der Waals surface area contributed by atoms with E-state index in [1.165, 1.54) is 0 Å². The summed E-state index contributed by atoms with van der Waals surface area (Å²) in [5.74, 6) is -1.84. The van der Waals surface area contributed by atoms with Crippen molar-refractivity contribution in [3.63, 3.8) is 0 Å². The van der Waals surface area contributed by atoms with Crippen LogP contribution in [0, 0.1) is 11.8 Å². The van der Waals surface area contributed by atoms with Crippen molar-refractivity contribution in [1.29, 1.82) is 0 Å². The summed E-state index contributed by atoms with van der Waals surface area (Å²) in [7, 11) is 0. The lowest BCUT2D eigenvalue weighted by molar-refractivity contribution is -0.159. The number of fused-ring (bicyclic) bond motifs is 1. The van der Waals surface area contributed by atoms with Crippen LogP contribution in [0.25, 0.3) is 0 Å². The van der Waals surface area contributed by atoms with Crippen LogP contribution < -0.4 is 0 Å². The third-order valence-corrected chi connectivity index (χ3v) is 4.61. The van der Waals surface area contributed by atoms with E-state index in [4.69, 9.17) is 16.3 Å². The SMILES string of the molecule is CCCC[C@H](C(=O)OCC)N1C(=O)[C@H]2CC=C(Cl)C[C@H]2C1=O. The van der Waals surface area contributed by atoms with Gasteiger partial charge in [-0.15, -0.1) is 0 Å². The maximum Gasteiger partial charge on any atom is 0.329 e. The number of carbonyl (C=O) groups excluding carboxylic acids is 3. The number of carbonyl (C=O) groups is 3. The second-order valence-corrected chi connectivity index (χ2v) is 6.25. The topological polar surface area (TPSA) is 63.7 Å². The summed E-state index contributed by atoms with van der Waals surface area (Å²) in [6.45, 7) is 3.95. The van der Waals surface area contributed by atoms with E-state index in [-0.39, 0.29) is 24.3 Å². The first-order valence-electron chi connectivity index (χ1n) is 7.89. The number of halogens is 1. The van der Waals surface area contributed by atoms with E-state index < -0.39 is 17.9 Å². The van der Waals surface area contributed by atoms with Gasteiger partial charge >= 0.3 is 5.97 Å². The van der Waals surface area contributed by atoms with Gasteiger partial charge < -0.3 is 4.74 Å². The Labute approximate surface area is 135 Å². The second kappa shape index (κ2) is 7.27. The third-order valence-electron chi connectivity index (χ3n) is 4.30. The third kappa shape index (κ3) is 3.19. The molecule has 0 saturated carbocycles. The molecule has 0 aromatic rings. The number of likely N-dealkylation sites (tertiary alicyclic amines) is 1. The zero-order chi connectivity index (χ0) is 16.3. The van der Waals surface area contributed by atoms with Gasteiger partial charge in [-0.25, -0.2) is 4.79 Å². The molecule has 0 unspecified atom stereocenters. The number of allylic oxidation sites excluding steroid dienone is 2. The second-order valence-electron chi connectivity index (χ2n) is 5.76. The predicted octanol–water partition coefficient (Wildman–Crippen LogP) is 2.63. The lowest BCUT2D eigenvalue weighted by Gasteiger charge is -2.24. The minimum absolute atomic E-state index is 0.234. The van der Waals surface area contributed by atoms with E-state index in [0.717, 1.165) is 17.7 Å². The molecule has 2 aliphatic rings. The molecule has 5 nitrogen and oxygen atoms in total. The van der Waals surface area contributed by atoms with Gasteiger partial charge in [0.05, 0.1) is 18.4 Å². The first kappa shape index (κ1) is 17.0. The van der Waals surface area contributed by atoms with Crippen LogP contribution in [0.2, 0.25) is 0 Å². The fraction of sp³-hybridized carbons (Fsp3) is 0.688. The molecule has 1 saturated heterocycles. The molecular formula is C16H22ClNO4. The number of rotatable bonds is 6. The summed E-state index contributed by atoms with van der Waals surface area (Å²) in [6, 6.07) is -0.802. The largest absolute Gasteiger partial charge is 0.464 e. The van der Waals surface area contributed by atoms with Crippen LogP contribution in [-0.2, 0) is 19.1 Å². The number of hydrogen-bond acceptors (Lipinski definition) is 4. The molecule has 1 heterocycles. The van der Waals surface area contributed by atoms with Crippen LogP contribution in [-0.4, -0.2) is 35.3 Å². The number of hydrogen-bond donors (Lipinski definition) is 0. The Balaban J connectivity index is 2.22. The van der Waals surface area contributed by atoms with Crippen molar-refractivity contribution in [3.8, 4) is 0 Å². The lowest BCUT2D eigenvalue weighted by atomic mass is 9.85. The Morgan fingerprint density at radius 3 is 2.68 bits per heavy atom. The Hall–Kier alpha value is -1.36. The molecule has 2 rings (SSSR count). The van der Waals surface area contributed by atoms with E-state index in [0.29, 0.717) is 24.3 Å². The number of unbranched alkanes of at least 4 members (excludes halogenated alkanes) is 1. The molecule has 122 valence electrons. The molecule has 0 radical (unpaired) electrons. The standard InChI is InChI=1S/C16H22ClNO4/c1-3-5-6-13(16(21)22-4-2)18-14(19)11-8-7-10(17)9-12(11)15(18)20/h7,11-13H,3-6,8-9H2,1-2H3/t11-,12+,13+/m0/s1. The molecule has 6 heteroatoms. The molecule has 0 aromatic carbocycles. The molecule has 1 aliphatic heterocycles. The Morgan fingerprint density at radius 2 is 2.05 bits per heavy atom. The van der Waals surface area contributed by atoms with E-state index >= 15 is 0 Å². The van der Waals surface area contributed by atoms with Gasteiger partial charge in [0.25, 0.3) is 0 Å². The Kier molecular flexibility index (Phi) is 5.62. The molecule has 22 heavy (non-hydrogen) atoms. The van der Waals surface area contributed by atoms with Gasteiger partial charge in [-0.3, -0.25) is 14.5 Å². The molecule has 0 aromatic heterocycles. The highest BCUT2D eigenvalue weighted by atomic mass is 35.5. The van der Waals surface area contributed by atoms with Gasteiger partial charge in [-0.1, -0.05) is 37.4 Å². The van der Waals surface area contributed by atoms with Crippen LogP contribution in [0.4, 0.5) is 0 Å². The zero-order valence-corrected chi connectivity index (χ0v) is 13.8. The smallest absolute Gasteiger partial charge is 0.329 e. The maximum absolute atomic E-state index is 12.6. The zero-order valence-electron chi connectivity index (χ0n) is 13.0. The number of ether oxygens (including phenoxy) is 1. The molecular weight excluding hydrogens is 306 g/mol. The molecule has 3 atom stereocenters. The summed E-state index contributed by atoms with van der Waals surface area (Å²) < 4.78 is 5.06. The Morgan fingerprint density at radius 1 is 1.36 bits per heavy atom. The summed E-state index contributed by atoms with van der Waals surface area (Å²) in [5.41, 5.74) is 0. The Bertz CT molecular complexity index is 502. The van der Waals surface area contributed by atoms with Crippen molar-refractivity contribution in [2.75, 3.05) is 6.61 Å². The van der Waals surface area contributed by atoms with Gasteiger partial charge in [0.2, 0.25) is 11.8 Å². The van der Waals surface area contributed by atoms with Crippen molar-refractivity contribution in [2.45, 2.75) is 52.0 Å². The van der Waals surface area contributed by atoms with Crippen LogP contribution >= 0.6 is 11.6 Å². The van der Waals surface area contributed by atoms with Crippen molar-refractivity contribution in [3.05, 3.63) is 11.1 Å². The van der Waals surface area contributed by atoms with E-state index in [9.17, 15) is 14.4 Å². The van der Waals surface area contributed by atoms with Gasteiger partial charge in [0.1, 0.15) is 6.04 Å². The summed E-state index contributed by atoms with van der Waals surface area (Å²) in [5, 5.41) is 0.616. The predicted molar refractivity (Wildman–Crippen MR) is 81.9 cm³/mol. The fourth-order valence-corrected chi connectivity index (χ4v) is 3.40. The van der Waals surface area contributed by atoms with Crippen molar-refractivity contribution in [2.24, 2.45) is 11.8 Å². The highest BCUT2D eigenvalue weighted by Crippen LogP contribution is 2.40. The monoisotopic (exact) mass is 327 g/mol. The van der Waals surface area contributed by atoms with Crippen LogP contribution in [0.1, 0.15) is 46.0 Å². The van der Waals surface area contributed by atoms with Crippen molar-refractivity contribution in [1.82, 2.24) is 4.90 Å². The average molecular weight is 328 g/mol. The molecule has 1 fully saturated rings. The number of esters is 1. The number of amides is 2. The van der Waals surface area contributed by atoms with Crippen LogP contribution in [0.5, 0.6) is 0 Å². The van der Waals surface area contributed by atoms with Crippen LogP contribution in [0.15, 0.2) is 11.1 Å². The lowest BCUT2D eigenvalue weighted by Crippen LogP contribution is -2.46. The van der Waals surface area contributed by atoms with Crippen molar-refractivity contribution >= 4 is 29.4 Å². The summed E-state index contributed by atoms with van der Waals surface area (Å²) in [4.78, 5) is 38.6. The van der Waals surface area contributed by atoms with E-state index in [2.05, 4.69) is 0 Å². The normalized spacial score (nSPS) is 25.8. The number of nitrogens with zero attached hydrogens (tertiary/aromatic N) is 1. The highest BCUT2D eigenvalue weighted by Gasteiger charge is 2.52. The minimum Gasteiger partial charge on any atom is -0.464 e. The molecule has 0 spiro atoms. The number of imide groups is 1. The van der Waals surface area contributed by atoms with E-state index in [1.54, 1.807) is 13.0 Å². The van der Waals surface area contributed by atoms with Crippen molar-refractivity contribution < 1.29 is 19.1 Å². The van der Waals surface area contributed by atoms with E-state index in [1.807, 2.05) is 6.92 Å². The van der Waals surface area contributed by atoms with Gasteiger partial charge in [-0.2, -0.15) is 0 Å².